The van der Waals surface area contributed by atoms with Crippen LogP contribution in [-0.4, -0.2) is 30.9 Å². The smallest absolute Gasteiger partial charge is 0.280 e. The molecule has 102 valence electrons. The van der Waals surface area contributed by atoms with Gasteiger partial charge in [0.25, 0.3) is 9.05 Å². The average molecular weight is 294 g/mol. The second kappa shape index (κ2) is 5.71. The van der Waals surface area contributed by atoms with E-state index in [4.69, 9.17) is 10.7 Å². The summed E-state index contributed by atoms with van der Waals surface area (Å²) in [7, 11) is 2.90. The first-order valence-corrected chi connectivity index (χ1v) is 7.86. The van der Waals surface area contributed by atoms with E-state index < -0.39 is 15.1 Å². The van der Waals surface area contributed by atoms with Crippen LogP contribution in [-0.2, 0) is 20.3 Å². The van der Waals surface area contributed by atoms with Gasteiger partial charge in [-0.15, -0.1) is 0 Å². The zero-order valence-electron chi connectivity index (χ0n) is 10.5. The number of halogens is 1. The lowest BCUT2D eigenvalue weighted by Gasteiger charge is -2.14. The Labute approximate surface area is 111 Å². The number of nitrogens with one attached hydrogen (secondary N) is 1. The zero-order valence-corrected chi connectivity index (χ0v) is 12.0. The van der Waals surface area contributed by atoms with Crippen LogP contribution in [0.4, 0.5) is 0 Å². The van der Waals surface area contributed by atoms with Crippen LogP contribution in [0.5, 0.6) is 0 Å². The third-order valence-corrected chi connectivity index (χ3v) is 3.72. The summed E-state index contributed by atoms with van der Waals surface area (Å²) in [4.78, 5) is 15.6. The van der Waals surface area contributed by atoms with Crippen molar-refractivity contribution in [2.45, 2.75) is 37.8 Å². The topological polar surface area (TPSA) is 81.1 Å². The zero-order chi connectivity index (χ0) is 13.9. The molecule has 1 aromatic heterocycles. The second-order valence-electron chi connectivity index (χ2n) is 3.88. The summed E-state index contributed by atoms with van der Waals surface area (Å²) in [6, 6.07) is -0.531. The van der Waals surface area contributed by atoms with Gasteiger partial charge in [0.15, 0.2) is 5.03 Å². The first-order valence-electron chi connectivity index (χ1n) is 5.55. The number of hydrogen-bond donors (Lipinski definition) is 1. The van der Waals surface area contributed by atoms with Gasteiger partial charge in [0.1, 0.15) is 11.9 Å². The molecule has 1 aromatic rings. The fourth-order valence-electron chi connectivity index (χ4n) is 1.60. The molecule has 1 N–H and O–H groups in total. The van der Waals surface area contributed by atoms with Crippen molar-refractivity contribution in [2.75, 3.05) is 7.05 Å². The Morgan fingerprint density at radius 2 is 2.22 bits per heavy atom. The molecule has 0 saturated heterocycles. The molecule has 0 aromatic carbocycles. The van der Waals surface area contributed by atoms with Crippen molar-refractivity contribution in [2.24, 2.45) is 0 Å². The Morgan fingerprint density at radius 1 is 1.61 bits per heavy atom. The molecule has 0 bridgehead atoms. The van der Waals surface area contributed by atoms with Gasteiger partial charge in [-0.2, -0.15) is 0 Å². The van der Waals surface area contributed by atoms with E-state index in [1.54, 1.807) is 6.92 Å². The monoisotopic (exact) mass is 293 g/mol. The first-order chi connectivity index (χ1) is 8.31. The molecule has 0 fully saturated rings. The van der Waals surface area contributed by atoms with E-state index in [0.29, 0.717) is 12.2 Å². The molecular weight excluding hydrogens is 278 g/mol. The predicted molar refractivity (Wildman–Crippen MR) is 68.0 cm³/mol. The summed E-state index contributed by atoms with van der Waals surface area (Å²) >= 11 is 0. The van der Waals surface area contributed by atoms with E-state index in [2.05, 4.69) is 10.3 Å². The maximum absolute atomic E-state index is 11.6. The number of rotatable bonds is 5. The molecule has 1 atom stereocenters. The van der Waals surface area contributed by atoms with Crippen LogP contribution in [0, 0.1) is 0 Å². The van der Waals surface area contributed by atoms with Crippen molar-refractivity contribution in [3.05, 3.63) is 12.0 Å². The number of aromatic nitrogens is 2. The summed E-state index contributed by atoms with van der Waals surface area (Å²) in [5.41, 5.74) is 0. The molecular formula is C10H16ClN3O3S. The highest BCUT2D eigenvalue weighted by Crippen LogP contribution is 2.19. The average Bonchev–Trinajstić information content (AvgIpc) is 2.71. The fraction of sp³-hybridized carbons (Fsp3) is 0.600. The summed E-state index contributed by atoms with van der Waals surface area (Å²) < 4.78 is 24.0. The number of amides is 1. The van der Waals surface area contributed by atoms with E-state index >= 15 is 0 Å². The molecule has 6 nitrogen and oxygen atoms in total. The summed E-state index contributed by atoms with van der Waals surface area (Å²) in [6.45, 7) is 3.61. The number of aryl methyl sites for hydroxylation is 1. The normalized spacial score (nSPS) is 13.3. The fourth-order valence-corrected chi connectivity index (χ4v) is 2.28. The van der Waals surface area contributed by atoms with Crippen molar-refractivity contribution in [3.8, 4) is 0 Å². The molecule has 1 unspecified atom stereocenters. The van der Waals surface area contributed by atoms with Gasteiger partial charge in [-0.25, -0.2) is 13.4 Å². The quantitative estimate of drug-likeness (QED) is 0.824. The second-order valence-corrected chi connectivity index (χ2v) is 6.39. The lowest BCUT2D eigenvalue weighted by molar-refractivity contribution is -0.123. The van der Waals surface area contributed by atoms with Crippen LogP contribution in [0.2, 0.25) is 0 Å². The maximum atomic E-state index is 11.6. The third kappa shape index (κ3) is 3.23. The van der Waals surface area contributed by atoms with Gasteiger partial charge in [0.05, 0.1) is 0 Å². The van der Waals surface area contributed by atoms with E-state index in [1.807, 2.05) is 6.92 Å². The van der Waals surface area contributed by atoms with Crippen LogP contribution < -0.4 is 5.32 Å². The van der Waals surface area contributed by atoms with Crippen LogP contribution in [0.15, 0.2) is 11.2 Å². The minimum atomic E-state index is -3.88. The van der Waals surface area contributed by atoms with Gasteiger partial charge in [-0.1, -0.05) is 6.92 Å². The van der Waals surface area contributed by atoms with E-state index in [1.165, 1.54) is 17.8 Å². The standard InChI is InChI=1S/C10H16ClN3O3S/c1-4-5-8-13-9(18(11,16)17)6-14(8)7(2)10(15)12-3/h6-7H,4-5H2,1-3H3,(H,12,15). The largest absolute Gasteiger partial charge is 0.357 e. The Morgan fingerprint density at radius 3 is 2.67 bits per heavy atom. The molecule has 1 amide bonds. The highest BCUT2D eigenvalue weighted by molar-refractivity contribution is 8.13. The minimum absolute atomic E-state index is 0.219. The van der Waals surface area contributed by atoms with Gasteiger partial charge in [0, 0.05) is 30.3 Å². The summed E-state index contributed by atoms with van der Waals surface area (Å²) in [5.74, 6) is 0.316. The van der Waals surface area contributed by atoms with E-state index in [9.17, 15) is 13.2 Å². The SMILES string of the molecule is CCCc1nc(S(=O)(=O)Cl)cn1C(C)C(=O)NC. The highest BCUT2D eigenvalue weighted by atomic mass is 35.7. The molecule has 18 heavy (non-hydrogen) atoms. The molecule has 0 spiro atoms. The third-order valence-electron chi connectivity index (χ3n) is 2.55. The van der Waals surface area contributed by atoms with E-state index in [0.717, 1.165) is 6.42 Å². The van der Waals surface area contributed by atoms with Crippen molar-refractivity contribution in [1.29, 1.82) is 0 Å². The molecule has 0 radical (unpaired) electrons. The van der Waals surface area contributed by atoms with Crippen molar-refractivity contribution in [3.63, 3.8) is 0 Å². The van der Waals surface area contributed by atoms with Crippen LogP contribution >= 0.6 is 10.7 Å². The van der Waals surface area contributed by atoms with Gasteiger partial charge >= 0.3 is 0 Å². The van der Waals surface area contributed by atoms with Gasteiger partial charge in [-0.3, -0.25) is 4.79 Å². The molecule has 0 aliphatic heterocycles. The van der Waals surface area contributed by atoms with Gasteiger partial charge < -0.3 is 9.88 Å². The molecule has 0 aliphatic rings. The molecule has 1 rings (SSSR count). The lowest BCUT2D eigenvalue weighted by atomic mass is 10.2. The predicted octanol–water partition coefficient (Wildman–Crippen LogP) is 1.07. The van der Waals surface area contributed by atoms with Gasteiger partial charge in [0.2, 0.25) is 5.91 Å². The summed E-state index contributed by atoms with van der Waals surface area (Å²) in [6.07, 6.45) is 2.67. The summed E-state index contributed by atoms with van der Waals surface area (Å²) in [5, 5.41) is 2.29. The number of imidazole rings is 1. The van der Waals surface area contributed by atoms with Crippen molar-refractivity contribution in [1.82, 2.24) is 14.9 Å². The minimum Gasteiger partial charge on any atom is -0.357 e. The van der Waals surface area contributed by atoms with Crippen molar-refractivity contribution >= 4 is 25.6 Å². The van der Waals surface area contributed by atoms with Crippen LogP contribution in [0.3, 0.4) is 0 Å². The Hall–Kier alpha value is -1.08. The number of nitrogens with zero attached hydrogens (tertiary/aromatic N) is 2. The van der Waals surface area contributed by atoms with Crippen molar-refractivity contribution < 1.29 is 13.2 Å². The molecule has 0 saturated carbocycles. The molecule has 8 heteroatoms. The molecule has 0 aliphatic carbocycles. The Bertz CT molecular complexity index is 539. The molecule has 1 heterocycles. The Balaban J connectivity index is 3.24. The van der Waals surface area contributed by atoms with Crippen LogP contribution in [0.25, 0.3) is 0 Å². The number of carbonyl (C=O) groups is 1. The number of hydrogen-bond acceptors (Lipinski definition) is 4. The maximum Gasteiger partial charge on any atom is 0.280 e. The number of carbonyl (C=O) groups excluding carboxylic acids is 1. The van der Waals surface area contributed by atoms with Crippen LogP contribution in [0.1, 0.15) is 32.1 Å². The van der Waals surface area contributed by atoms with E-state index in [-0.39, 0.29) is 10.9 Å². The highest BCUT2D eigenvalue weighted by Gasteiger charge is 2.22. The Kier molecular flexibility index (Phi) is 4.75. The van der Waals surface area contributed by atoms with Gasteiger partial charge in [-0.05, 0) is 13.3 Å². The first kappa shape index (κ1) is 15.0. The lowest BCUT2D eigenvalue weighted by Crippen LogP contribution is -2.28. The number of likely N-dealkylation sites (N-methyl/N-ethyl adjacent to an activating group) is 1.